The summed E-state index contributed by atoms with van der Waals surface area (Å²) in [6.07, 6.45) is -3.03. The van der Waals surface area contributed by atoms with E-state index in [1.165, 1.54) is 12.1 Å². The minimum absolute atomic E-state index is 0.0634. The van der Waals surface area contributed by atoms with Gasteiger partial charge in [0, 0.05) is 19.0 Å². The summed E-state index contributed by atoms with van der Waals surface area (Å²) < 4.78 is 78.1. The van der Waals surface area contributed by atoms with E-state index < -0.39 is 23.5 Å². The van der Waals surface area contributed by atoms with E-state index in [4.69, 9.17) is 0 Å². The van der Waals surface area contributed by atoms with Gasteiger partial charge in [-0.1, -0.05) is 43.0 Å². The average molecular weight is 445 g/mol. The number of hydrogen-bond donors (Lipinski definition) is 1. The summed E-state index contributed by atoms with van der Waals surface area (Å²) in [6, 6.07) is 5.00. The summed E-state index contributed by atoms with van der Waals surface area (Å²) in [6.45, 7) is 4.39. The van der Waals surface area contributed by atoms with Crippen molar-refractivity contribution in [3.8, 4) is 0 Å². The summed E-state index contributed by atoms with van der Waals surface area (Å²) in [5.41, 5.74) is -0.885. The molecule has 1 aliphatic carbocycles. The number of hydrogen-bond acceptors (Lipinski definition) is 2. The van der Waals surface area contributed by atoms with Crippen LogP contribution in [0.5, 0.6) is 0 Å². The van der Waals surface area contributed by atoms with Gasteiger partial charge in [-0.05, 0) is 49.3 Å². The largest absolute Gasteiger partial charge is 0.513 e. The van der Waals surface area contributed by atoms with Gasteiger partial charge in [-0.15, -0.1) is 0 Å². The number of rotatable bonds is 5. The number of aliphatic hydroxyl groups is 1. The Kier molecular flexibility index (Phi) is 6.88. The van der Waals surface area contributed by atoms with Crippen molar-refractivity contribution in [3.63, 3.8) is 0 Å². The first-order chi connectivity index (χ1) is 14.4. The molecule has 1 fully saturated rings. The van der Waals surface area contributed by atoms with Crippen LogP contribution >= 0.6 is 0 Å². The highest BCUT2D eigenvalue weighted by Crippen LogP contribution is 2.38. The number of halogens is 6. The van der Waals surface area contributed by atoms with E-state index in [-0.39, 0.29) is 36.6 Å². The Morgan fingerprint density at radius 2 is 1.87 bits per heavy atom. The van der Waals surface area contributed by atoms with E-state index in [1.807, 2.05) is 4.90 Å². The molecule has 2 aliphatic rings. The highest BCUT2D eigenvalue weighted by molar-refractivity contribution is 5.29. The van der Waals surface area contributed by atoms with Crippen LogP contribution in [-0.4, -0.2) is 28.8 Å². The predicted octanol–water partition coefficient (Wildman–Crippen LogP) is 6.81. The lowest BCUT2D eigenvalue weighted by molar-refractivity contribution is -0.137. The van der Waals surface area contributed by atoms with Gasteiger partial charge in [0.05, 0.1) is 16.9 Å². The molecule has 0 radical (unpaired) electrons. The molecule has 3 rings (SSSR count). The first-order valence-electron chi connectivity index (χ1n) is 10.2. The van der Waals surface area contributed by atoms with Crippen LogP contribution in [-0.2, 0) is 12.7 Å². The first kappa shape index (κ1) is 23.4. The molecule has 1 aromatic rings. The number of aliphatic hydroxyl groups excluding tert-OH is 1. The number of nitrogens with zero attached hydrogens (tertiary/aromatic N) is 1. The third-order valence-electron chi connectivity index (χ3n) is 5.99. The van der Waals surface area contributed by atoms with E-state index in [2.05, 4.69) is 6.58 Å². The minimum Gasteiger partial charge on any atom is -0.513 e. The van der Waals surface area contributed by atoms with E-state index in [0.717, 1.165) is 24.6 Å². The molecule has 1 N–H and O–H groups in total. The fraction of sp³-hybridized carbons (Fsp3) is 0.478. The maximum Gasteiger partial charge on any atom is 0.416 e. The quantitative estimate of drug-likeness (QED) is 0.397. The molecule has 1 aliphatic heterocycles. The summed E-state index contributed by atoms with van der Waals surface area (Å²) in [5, 5.41) is 9.57. The Balaban J connectivity index is 1.79. The fourth-order valence-electron chi connectivity index (χ4n) is 4.50. The van der Waals surface area contributed by atoms with Crippen molar-refractivity contribution in [3.05, 3.63) is 71.5 Å². The van der Waals surface area contributed by atoms with Crippen LogP contribution in [0.15, 0.2) is 60.4 Å². The second-order valence-corrected chi connectivity index (χ2v) is 8.31. The number of likely N-dealkylation sites (tertiary alicyclic amines) is 1. The summed E-state index contributed by atoms with van der Waals surface area (Å²) in [5.74, 6) is 0.00169. The smallest absolute Gasteiger partial charge is 0.416 e. The van der Waals surface area contributed by atoms with Crippen LogP contribution in [0, 0.1) is 11.8 Å². The standard InChI is InChI=1S/C23H25F6NO/c1-15(31)11-16-9-10-30(14-17-3-2-4-20(12-17)23(27,28)29)21(13-16)18-5-7-19(8-6-18)22(24,25)26/h2-5,7-8,12,16,18,21,31H,1,6,9-11,13-14H2/t16-,18?,21-/m1/s1. The molecule has 170 valence electrons. The topological polar surface area (TPSA) is 23.5 Å². The Hall–Kier alpha value is -2.22. The maximum atomic E-state index is 13.1. The van der Waals surface area contributed by atoms with Gasteiger partial charge < -0.3 is 5.11 Å². The zero-order chi connectivity index (χ0) is 22.8. The van der Waals surface area contributed by atoms with Crippen LogP contribution in [0.3, 0.4) is 0 Å². The number of allylic oxidation sites excluding steroid dienone is 4. The highest BCUT2D eigenvalue weighted by Gasteiger charge is 2.37. The van der Waals surface area contributed by atoms with Gasteiger partial charge in [0.1, 0.15) is 0 Å². The lowest BCUT2D eigenvalue weighted by atomic mass is 9.79. The number of alkyl halides is 6. The van der Waals surface area contributed by atoms with E-state index in [0.29, 0.717) is 24.9 Å². The molecule has 1 unspecified atom stereocenters. The third-order valence-corrected chi connectivity index (χ3v) is 5.99. The Morgan fingerprint density at radius 3 is 2.45 bits per heavy atom. The maximum absolute atomic E-state index is 13.1. The van der Waals surface area contributed by atoms with Crippen molar-refractivity contribution in [1.82, 2.24) is 4.90 Å². The predicted molar refractivity (Wildman–Crippen MR) is 106 cm³/mol. The highest BCUT2D eigenvalue weighted by atomic mass is 19.4. The number of benzene rings is 1. The second-order valence-electron chi connectivity index (χ2n) is 8.31. The zero-order valence-corrected chi connectivity index (χ0v) is 16.9. The minimum atomic E-state index is -4.44. The molecule has 2 nitrogen and oxygen atoms in total. The molecule has 0 aromatic heterocycles. The van der Waals surface area contributed by atoms with Crippen molar-refractivity contribution in [2.24, 2.45) is 11.8 Å². The third kappa shape index (κ3) is 6.15. The van der Waals surface area contributed by atoms with Crippen LogP contribution in [0.1, 0.15) is 36.8 Å². The second kappa shape index (κ2) is 9.10. The van der Waals surface area contributed by atoms with Crippen molar-refractivity contribution >= 4 is 0 Å². The van der Waals surface area contributed by atoms with Crippen LogP contribution in [0.25, 0.3) is 0 Å². The van der Waals surface area contributed by atoms with E-state index in [9.17, 15) is 31.4 Å². The number of piperidine rings is 1. The molecule has 1 saturated heterocycles. The summed E-state index contributed by atoms with van der Waals surface area (Å²) in [4.78, 5) is 2.05. The van der Waals surface area contributed by atoms with Gasteiger partial charge in [-0.25, -0.2) is 0 Å². The van der Waals surface area contributed by atoms with Gasteiger partial charge in [-0.2, -0.15) is 26.3 Å². The Bertz CT molecular complexity index is 854. The molecular weight excluding hydrogens is 420 g/mol. The van der Waals surface area contributed by atoms with Gasteiger partial charge in [-0.3, -0.25) is 4.90 Å². The molecule has 1 aromatic carbocycles. The van der Waals surface area contributed by atoms with E-state index >= 15 is 0 Å². The SMILES string of the molecule is C=C(O)C[C@H]1CCN(Cc2cccc(C(F)(F)F)c2)[C@@H](C2C=CC(C(F)(F)F)=CC2)C1. The van der Waals surface area contributed by atoms with Crippen LogP contribution in [0.4, 0.5) is 26.3 Å². The monoisotopic (exact) mass is 445 g/mol. The van der Waals surface area contributed by atoms with E-state index in [1.54, 1.807) is 12.1 Å². The van der Waals surface area contributed by atoms with Gasteiger partial charge in [0.15, 0.2) is 0 Å². The zero-order valence-electron chi connectivity index (χ0n) is 16.9. The van der Waals surface area contributed by atoms with Gasteiger partial charge >= 0.3 is 12.4 Å². The summed E-state index contributed by atoms with van der Waals surface area (Å²) in [7, 11) is 0. The Morgan fingerprint density at radius 1 is 1.13 bits per heavy atom. The summed E-state index contributed by atoms with van der Waals surface area (Å²) >= 11 is 0. The molecule has 0 amide bonds. The fourth-order valence-corrected chi connectivity index (χ4v) is 4.50. The average Bonchev–Trinajstić information content (AvgIpc) is 2.68. The molecule has 31 heavy (non-hydrogen) atoms. The van der Waals surface area contributed by atoms with Gasteiger partial charge in [0.25, 0.3) is 0 Å². The molecule has 0 bridgehead atoms. The molecule has 0 spiro atoms. The van der Waals surface area contributed by atoms with Crippen molar-refractivity contribution in [1.29, 1.82) is 0 Å². The lowest BCUT2D eigenvalue weighted by Crippen LogP contribution is -2.46. The Labute approximate surface area is 177 Å². The molecule has 1 heterocycles. The molecule has 8 heteroatoms. The van der Waals surface area contributed by atoms with Crippen molar-refractivity contribution in [2.45, 2.75) is 50.6 Å². The lowest BCUT2D eigenvalue weighted by Gasteiger charge is -2.43. The molecule has 3 atom stereocenters. The van der Waals surface area contributed by atoms with Crippen LogP contribution in [0.2, 0.25) is 0 Å². The normalized spacial score (nSPS) is 25.4. The molecule has 0 saturated carbocycles. The molecular formula is C23H25F6NO. The van der Waals surface area contributed by atoms with Crippen molar-refractivity contribution < 1.29 is 31.4 Å². The van der Waals surface area contributed by atoms with Crippen molar-refractivity contribution in [2.75, 3.05) is 6.54 Å². The van der Waals surface area contributed by atoms with Gasteiger partial charge in [0.2, 0.25) is 0 Å². The first-order valence-corrected chi connectivity index (χ1v) is 10.2. The van der Waals surface area contributed by atoms with Crippen LogP contribution < -0.4 is 0 Å².